The van der Waals surface area contributed by atoms with Gasteiger partial charge < -0.3 is 24.2 Å². The molecule has 1 unspecified atom stereocenters. The van der Waals surface area contributed by atoms with Gasteiger partial charge >= 0.3 is 12.1 Å². The predicted octanol–water partition coefficient (Wildman–Crippen LogP) is 5.19. The maximum absolute atomic E-state index is 15.4. The van der Waals surface area contributed by atoms with Crippen LogP contribution in [0.4, 0.5) is 24.5 Å². The Morgan fingerprint density at radius 3 is 2.15 bits per heavy atom. The Kier molecular flexibility index (Phi) is 11.7. The molecule has 0 saturated carbocycles. The number of alkyl halides is 3. The first-order valence-corrected chi connectivity index (χ1v) is 18.1. The number of benzene rings is 3. The first-order chi connectivity index (χ1) is 25.7. The highest BCUT2D eigenvalue weighted by Crippen LogP contribution is 2.53. The van der Waals surface area contributed by atoms with E-state index in [-0.39, 0.29) is 22.9 Å². The predicted molar refractivity (Wildman–Crippen MR) is 190 cm³/mol. The average molecular weight is 768 g/mol. The second kappa shape index (κ2) is 16.0. The first kappa shape index (κ1) is 39.3. The summed E-state index contributed by atoms with van der Waals surface area (Å²) in [6, 6.07) is 22.3. The summed E-state index contributed by atoms with van der Waals surface area (Å²) in [5.74, 6) is -2.52. The zero-order valence-electron chi connectivity index (χ0n) is 29.4. The summed E-state index contributed by atoms with van der Waals surface area (Å²) in [4.78, 5) is 32.4. The normalized spacial score (nSPS) is 17.2. The lowest BCUT2D eigenvalue weighted by Crippen LogP contribution is -2.60. The van der Waals surface area contributed by atoms with Crippen LogP contribution in [0.5, 0.6) is 17.2 Å². The Bertz CT molecular complexity index is 2160. The van der Waals surface area contributed by atoms with Gasteiger partial charge in [0.1, 0.15) is 22.1 Å². The van der Waals surface area contributed by atoms with E-state index in [0.29, 0.717) is 61.0 Å². The van der Waals surface area contributed by atoms with Gasteiger partial charge in [-0.2, -0.15) is 18.4 Å². The van der Waals surface area contributed by atoms with Gasteiger partial charge in [0.2, 0.25) is 0 Å². The number of nitrogens with zero attached hydrogens (tertiary/aromatic N) is 5. The number of aliphatic carboxylic acids is 1. The van der Waals surface area contributed by atoms with Gasteiger partial charge in [0.15, 0.2) is 5.54 Å². The van der Waals surface area contributed by atoms with E-state index in [9.17, 15) is 26.9 Å². The number of hydrogen-bond acceptors (Lipinski definition) is 11. The number of carboxylic acids is 1. The Hall–Kier alpha value is -5.86. The molecule has 2 aliphatic heterocycles. The van der Waals surface area contributed by atoms with E-state index in [1.165, 1.54) is 37.4 Å². The lowest BCUT2D eigenvalue weighted by molar-refractivity contribution is -0.192. The summed E-state index contributed by atoms with van der Waals surface area (Å²) in [6.07, 6.45) is -1.61. The standard InChI is InChI=1S/C35H35N5O6S.C2HF3O2/c1-4-45-31-9-7-6-8-28(31)35(39-20-18-38(19-21-39)26-14-16-37-17-15-26)29-22-25(24-36)10-12-30(29)40(34(35)41)47(42,43)33-13-11-27(44-3)23-32(33)46-5-2;3-2(4,5)1(6)7/h6-17,22-23H,4-5,18-21H2,1-3H3;(H,6,7). The van der Waals surface area contributed by atoms with E-state index in [0.717, 1.165) is 9.99 Å². The molecule has 54 heavy (non-hydrogen) atoms. The van der Waals surface area contributed by atoms with Crippen molar-refractivity contribution in [1.29, 1.82) is 5.26 Å². The quantitative estimate of drug-likeness (QED) is 0.225. The number of sulfonamides is 1. The van der Waals surface area contributed by atoms with E-state index < -0.39 is 33.6 Å². The van der Waals surface area contributed by atoms with Crippen molar-refractivity contribution >= 4 is 33.3 Å². The molecule has 1 saturated heterocycles. The monoisotopic (exact) mass is 767 g/mol. The minimum atomic E-state index is -5.08. The highest BCUT2D eigenvalue weighted by atomic mass is 32.2. The summed E-state index contributed by atoms with van der Waals surface area (Å²) in [6.45, 7) is 6.05. The van der Waals surface area contributed by atoms with Crippen molar-refractivity contribution in [3.8, 4) is 23.3 Å². The number of anilines is 2. The summed E-state index contributed by atoms with van der Waals surface area (Å²) in [5, 5.41) is 17.1. The molecule has 1 N–H and O–H groups in total. The molecule has 13 nitrogen and oxygen atoms in total. The lowest BCUT2D eigenvalue weighted by Gasteiger charge is -2.46. The largest absolute Gasteiger partial charge is 0.497 e. The van der Waals surface area contributed by atoms with Gasteiger partial charge in [-0.25, -0.2) is 17.5 Å². The molecule has 2 aliphatic rings. The van der Waals surface area contributed by atoms with Crippen LogP contribution >= 0.6 is 0 Å². The molecule has 3 heterocycles. The van der Waals surface area contributed by atoms with Crippen molar-refractivity contribution in [2.45, 2.75) is 30.5 Å². The third kappa shape index (κ3) is 7.34. The van der Waals surface area contributed by atoms with Gasteiger partial charge in [-0.1, -0.05) is 18.2 Å². The van der Waals surface area contributed by atoms with Crippen LogP contribution in [0, 0.1) is 11.3 Å². The van der Waals surface area contributed by atoms with E-state index in [1.807, 2.05) is 36.1 Å². The van der Waals surface area contributed by atoms with Crippen LogP contribution < -0.4 is 23.4 Å². The fraction of sp³-hybridized carbons (Fsp3) is 0.297. The molecular weight excluding hydrogens is 731 g/mol. The average Bonchev–Trinajstić information content (AvgIpc) is 3.43. The molecular formula is C37H36F3N5O8S. The highest BCUT2D eigenvalue weighted by molar-refractivity contribution is 7.93. The van der Waals surface area contributed by atoms with E-state index >= 15 is 4.79 Å². The lowest BCUT2D eigenvalue weighted by atomic mass is 9.80. The topological polar surface area (TPSA) is 163 Å². The molecule has 0 spiro atoms. The number of ether oxygens (including phenoxy) is 3. The van der Waals surface area contributed by atoms with E-state index in [1.54, 1.807) is 37.5 Å². The molecule has 4 aromatic rings. The highest BCUT2D eigenvalue weighted by Gasteiger charge is 2.61. The van der Waals surface area contributed by atoms with Crippen LogP contribution in [0.3, 0.4) is 0 Å². The Morgan fingerprint density at radius 2 is 1.56 bits per heavy atom. The number of aromatic nitrogens is 1. The number of amides is 1. The molecule has 1 amide bonds. The van der Waals surface area contributed by atoms with E-state index in [4.69, 9.17) is 24.1 Å². The molecule has 17 heteroatoms. The molecule has 1 atom stereocenters. The number of hydrogen-bond donors (Lipinski definition) is 1. The molecule has 6 rings (SSSR count). The first-order valence-electron chi connectivity index (χ1n) is 16.6. The minimum Gasteiger partial charge on any atom is -0.497 e. The summed E-state index contributed by atoms with van der Waals surface area (Å²) in [7, 11) is -3.08. The zero-order valence-corrected chi connectivity index (χ0v) is 30.2. The maximum atomic E-state index is 15.4. The number of fused-ring (bicyclic) bond motifs is 1. The van der Waals surface area contributed by atoms with Crippen molar-refractivity contribution in [1.82, 2.24) is 9.88 Å². The minimum absolute atomic E-state index is 0.0630. The Morgan fingerprint density at radius 1 is 0.926 bits per heavy atom. The van der Waals surface area contributed by atoms with Crippen LogP contribution in [-0.4, -0.2) is 88.0 Å². The number of methoxy groups -OCH3 is 1. The molecule has 3 aromatic carbocycles. The molecule has 284 valence electrons. The van der Waals surface area contributed by atoms with Crippen LogP contribution in [0.1, 0.15) is 30.5 Å². The van der Waals surface area contributed by atoms with Crippen molar-refractivity contribution in [2.24, 2.45) is 0 Å². The fourth-order valence-electron chi connectivity index (χ4n) is 6.52. The third-order valence-electron chi connectivity index (χ3n) is 8.80. The zero-order chi connectivity index (χ0) is 39.3. The number of piperazine rings is 1. The van der Waals surface area contributed by atoms with Crippen LogP contribution in [0.25, 0.3) is 0 Å². The summed E-state index contributed by atoms with van der Waals surface area (Å²) >= 11 is 0. The SMILES string of the molecule is CCOc1ccccc1C1(N2CCN(c3ccncc3)CC2)C(=O)N(S(=O)(=O)c2ccc(OC)cc2OCC)c2ccc(C#N)cc21.O=C(O)C(F)(F)F. The summed E-state index contributed by atoms with van der Waals surface area (Å²) < 4.78 is 79.3. The van der Waals surface area contributed by atoms with Gasteiger partial charge in [0.25, 0.3) is 15.9 Å². The van der Waals surface area contributed by atoms with E-state index in [2.05, 4.69) is 16.0 Å². The van der Waals surface area contributed by atoms with Crippen LogP contribution in [0.2, 0.25) is 0 Å². The summed E-state index contributed by atoms with van der Waals surface area (Å²) in [5.41, 5.74) is 0.711. The Balaban J connectivity index is 0.000000730. The van der Waals surface area contributed by atoms with Crippen molar-refractivity contribution in [3.63, 3.8) is 0 Å². The molecule has 1 aromatic heterocycles. The molecule has 1 fully saturated rings. The van der Waals surface area contributed by atoms with Gasteiger partial charge in [-0.15, -0.1) is 0 Å². The van der Waals surface area contributed by atoms with Crippen LogP contribution in [0.15, 0.2) is 90.1 Å². The second-order valence-electron chi connectivity index (χ2n) is 11.8. The Labute approximate surface area is 309 Å². The maximum Gasteiger partial charge on any atom is 0.490 e. The number of nitriles is 1. The number of pyridine rings is 1. The van der Waals surface area contributed by atoms with Gasteiger partial charge in [-0.05, 0) is 62.4 Å². The van der Waals surface area contributed by atoms with Crippen molar-refractivity contribution in [3.05, 3.63) is 102 Å². The van der Waals surface area contributed by atoms with Crippen LogP contribution in [-0.2, 0) is 25.2 Å². The third-order valence-corrected chi connectivity index (χ3v) is 10.5. The number of carbonyl (C=O) groups is 2. The number of carboxylic acid groups (broad SMARTS) is 1. The van der Waals surface area contributed by atoms with Gasteiger partial charge in [0.05, 0.1) is 37.6 Å². The van der Waals surface area contributed by atoms with Gasteiger partial charge in [0, 0.05) is 61.5 Å². The van der Waals surface area contributed by atoms with Crippen molar-refractivity contribution < 1.29 is 50.5 Å². The molecule has 0 radical (unpaired) electrons. The molecule has 0 bridgehead atoms. The smallest absolute Gasteiger partial charge is 0.490 e. The number of rotatable bonds is 10. The number of carbonyl (C=O) groups excluding carboxylic acids is 1. The van der Waals surface area contributed by atoms with Crippen molar-refractivity contribution in [2.75, 3.05) is 55.7 Å². The van der Waals surface area contributed by atoms with Gasteiger partial charge in [-0.3, -0.25) is 14.7 Å². The fourth-order valence-corrected chi connectivity index (χ4v) is 8.09. The molecule has 0 aliphatic carbocycles. The second-order valence-corrected chi connectivity index (χ2v) is 13.5. The number of halogens is 3. The number of para-hydroxylation sites is 1.